The minimum atomic E-state index is 0.408. The summed E-state index contributed by atoms with van der Waals surface area (Å²) in [5, 5.41) is 9.40. The fourth-order valence-electron chi connectivity index (χ4n) is 2.54. The molecule has 0 saturated carbocycles. The highest BCUT2D eigenvalue weighted by molar-refractivity contribution is 5.82. The van der Waals surface area contributed by atoms with Crippen LogP contribution in [0.3, 0.4) is 0 Å². The molecule has 1 heterocycles. The Morgan fingerprint density at radius 3 is 2.80 bits per heavy atom. The number of hydrogen-bond acceptors (Lipinski definition) is 3. The lowest BCUT2D eigenvalue weighted by atomic mass is 10.1. The molecular weight excluding hydrogens is 250 g/mol. The van der Waals surface area contributed by atoms with Crippen molar-refractivity contribution in [1.29, 1.82) is 0 Å². The molecule has 20 heavy (non-hydrogen) atoms. The second kappa shape index (κ2) is 7.41. The van der Waals surface area contributed by atoms with E-state index in [2.05, 4.69) is 41.2 Å². The third-order valence-electron chi connectivity index (χ3n) is 3.70. The zero-order valence-corrected chi connectivity index (χ0v) is 12.7. The number of para-hydroxylation sites is 1. The summed E-state index contributed by atoms with van der Waals surface area (Å²) in [5.41, 5.74) is 2.41. The number of rotatable bonds is 8. The van der Waals surface area contributed by atoms with Crippen molar-refractivity contribution < 1.29 is 4.74 Å². The van der Waals surface area contributed by atoms with Gasteiger partial charge in [0.2, 0.25) is 0 Å². The van der Waals surface area contributed by atoms with Crippen LogP contribution in [0.1, 0.15) is 26.0 Å². The van der Waals surface area contributed by atoms with E-state index in [1.807, 2.05) is 14.0 Å². The lowest BCUT2D eigenvalue weighted by Gasteiger charge is -2.14. The van der Waals surface area contributed by atoms with Crippen LogP contribution in [0.5, 0.6) is 0 Å². The third-order valence-corrected chi connectivity index (χ3v) is 3.70. The number of nitrogens with zero attached hydrogens (tertiary/aromatic N) is 2. The van der Waals surface area contributed by atoms with Gasteiger partial charge in [0.15, 0.2) is 0 Å². The van der Waals surface area contributed by atoms with Crippen LogP contribution in [0.4, 0.5) is 0 Å². The number of benzene rings is 1. The van der Waals surface area contributed by atoms with Crippen LogP contribution in [0.15, 0.2) is 24.3 Å². The van der Waals surface area contributed by atoms with Crippen LogP contribution in [0.2, 0.25) is 0 Å². The van der Waals surface area contributed by atoms with Gasteiger partial charge in [0.05, 0.1) is 11.2 Å². The predicted molar refractivity (Wildman–Crippen MR) is 83.1 cm³/mol. The van der Waals surface area contributed by atoms with Gasteiger partial charge in [-0.25, -0.2) is 0 Å². The Hall–Kier alpha value is -1.39. The van der Waals surface area contributed by atoms with Crippen LogP contribution < -0.4 is 5.32 Å². The fourth-order valence-corrected chi connectivity index (χ4v) is 2.54. The van der Waals surface area contributed by atoms with Crippen LogP contribution in [0, 0.1) is 0 Å². The lowest BCUT2D eigenvalue weighted by Crippen LogP contribution is -2.29. The van der Waals surface area contributed by atoms with Crippen molar-refractivity contribution in [3.05, 3.63) is 30.0 Å². The van der Waals surface area contributed by atoms with Gasteiger partial charge in [0, 0.05) is 37.6 Å². The van der Waals surface area contributed by atoms with Crippen LogP contribution in [-0.2, 0) is 17.7 Å². The number of fused-ring (bicyclic) bond motifs is 1. The van der Waals surface area contributed by atoms with E-state index in [1.54, 1.807) is 0 Å². The molecule has 0 spiro atoms. The van der Waals surface area contributed by atoms with Gasteiger partial charge in [-0.3, -0.25) is 4.68 Å². The van der Waals surface area contributed by atoms with Crippen LogP contribution >= 0.6 is 0 Å². The lowest BCUT2D eigenvalue weighted by molar-refractivity contribution is 0.137. The average Bonchev–Trinajstić information content (AvgIpc) is 2.84. The number of hydrogen-bond donors (Lipinski definition) is 1. The SMILES string of the molecule is CCOCCC(Cc1nn(CC)c2ccccc12)NC. The average molecular weight is 275 g/mol. The maximum atomic E-state index is 5.45. The molecule has 0 aliphatic heterocycles. The minimum absolute atomic E-state index is 0.408. The molecule has 0 radical (unpaired) electrons. The molecule has 0 amide bonds. The van der Waals surface area contributed by atoms with Crippen molar-refractivity contribution in [2.24, 2.45) is 0 Å². The topological polar surface area (TPSA) is 39.1 Å². The molecule has 110 valence electrons. The molecule has 4 nitrogen and oxygen atoms in total. The van der Waals surface area contributed by atoms with Gasteiger partial charge in [-0.15, -0.1) is 0 Å². The standard InChI is InChI=1S/C16H25N3O/c1-4-19-16-9-7-6-8-14(16)15(18-19)12-13(17-3)10-11-20-5-2/h6-9,13,17H,4-5,10-12H2,1-3H3. The Balaban J connectivity index is 2.15. The molecule has 2 rings (SSSR count). The second-order valence-electron chi connectivity index (χ2n) is 4.95. The van der Waals surface area contributed by atoms with Crippen molar-refractivity contribution in [1.82, 2.24) is 15.1 Å². The van der Waals surface area contributed by atoms with E-state index in [1.165, 1.54) is 16.6 Å². The van der Waals surface area contributed by atoms with Gasteiger partial charge in [-0.2, -0.15) is 5.10 Å². The van der Waals surface area contributed by atoms with E-state index >= 15 is 0 Å². The number of nitrogens with one attached hydrogen (secondary N) is 1. The number of likely N-dealkylation sites (N-methyl/N-ethyl adjacent to an activating group) is 1. The Bertz CT molecular complexity index is 536. The highest BCUT2D eigenvalue weighted by Gasteiger charge is 2.14. The van der Waals surface area contributed by atoms with Crippen molar-refractivity contribution in [3.8, 4) is 0 Å². The summed E-state index contributed by atoms with van der Waals surface area (Å²) in [6.07, 6.45) is 1.95. The largest absolute Gasteiger partial charge is 0.382 e. The first-order valence-corrected chi connectivity index (χ1v) is 7.49. The van der Waals surface area contributed by atoms with E-state index < -0.39 is 0 Å². The molecule has 0 bridgehead atoms. The summed E-state index contributed by atoms with van der Waals surface area (Å²) >= 11 is 0. The summed E-state index contributed by atoms with van der Waals surface area (Å²) in [6, 6.07) is 8.88. The van der Waals surface area contributed by atoms with Gasteiger partial charge in [0.25, 0.3) is 0 Å². The molecule has 1 unspecified atom stereocenters. The maximum absolute atomic E-state index is 5.45. The van der Waals surface area contributed by atoms with Crippen molar-refractivity contribution in [3.63, 3.8) is 0 Å². The quantitative estimate of drug-likeness (QED) is 0.753. The van der Waals surface area contributed by atoms with E-state index in [0.717, 1.165) is 32.6 Å². The van der Waals surface area contributed by atoms with Gasteiger partial charge in [-0.05, 0) is 33.4 Å². The normalized spacial score (nSPS) is 12.9. The summed E-state index contributed by atoms with van der Waals surface area (Å²) in [5.74, 6) is 0. The molecule has 1 aromatic carbocycles. The van der Waals surface area contributed by atoms with Gasteiger partial charge >= 0.3 is 0 Å². The Morgan fingerprint density at radius 2 is 2.10 bits per heavy atom. The summed E-state index contributed by atoms with van der Waals surface area (Å²) in [4.78, 5) is 0. The van der Waals surface area contributed by atoms with Gasteiger partial charge < -0.3 is 10.1 Å². The van der Waals surface area contributed by atoms with Gasteiger partial charge in [-0.1, -0.05) is 18.2 Å². The van der Waals surface area contributed by atoms with Crippen LogP contribution in [0.25, 0.3) is 10.9 Å². The Morgan fingerprint density at radius 1 is 1.30 bits per heavy atom. The monoisotopic (exact) mass is 275 g/mol. The van der Waals surface area contributed by atoms with E-state index in [4.69, 9.17) is 9.84 Å². The zero-order chi connectivity index (χ0) is 14.4. The number of aryl methyl sites for hydroxylation is 1. The summed E-state index contributed by atoms with van der Waals surface area (Å²) < 4.78 is 7.54. The molecule has 1 N–H and O–H groups in total. The molecule has 4 heteroatoms. The van der Waals surface area contributed by atoms with Gasteiger partial charge in [0.1, 0.15) is 0 Å². The van der Waals surface area contributed by atoms with E-state index in [9.17, 15) is 0 Å². The first-order chi connectivity index (χ1) is 9.80. The molecule has 1 aromatic heterocycles. The zero-order valence-electron chi connectivity index (χ0n) is 12.7. The van der Waals surface area contributed by atoms with Crippen LogP contribution in [-0.4, -0.2) is 36.1 Å². The fraction of sp³-hybridized carbons (Fsp3) is 0.562. The molecule has 0 fully saturated rings. The summed E-state index contributed by atoms with van der Waals surface area (Å²) in [6.45, 7) is 6.65. The molecular formula is C16H25N3O. The van der Waals surface area contributed by atoms with Crippen molar-refractivity contribution in [2.75, 3.05) is 20.3 Å². The first kappa shape index (κ1) is 15.0. The second-order valence-corrected chi connectivity index (χ2v) is 4.95. The highest BCUT2D eigenvalue weighted by atomic mass is 16.5. The number of ether oxygens (including phenoxy) is 1. The smallest absolute Gasteiger partial charge is 0.0718 e. The maximum Gasteiger partial charge on any atom is 0.0718 e. The number of aromatic nitrogens is 2. The third kappa shape index (κ3) is 3.38. The van der Waals surface area contributed by atoms with Crippen molar-refractivity contribution in [2.45, 2.75) is 39.3 Å². The predicted octanol–water partition coefficient (Wildman–Crippen LogP) is 2.61. The molecule has 0 aliphatic rings. The summed E-state index contributed by atoms with van der Waals surface area (Å²) in [7, 11) is 2.01. The Labute approximate surface area is 121 Å². The minimum Gasteiger partial charge on any atom is -0.382 e. The van der Waals surface area contributed by atoms with E-state index in [-0.39, 0.29) is 0 Å². The molecule has 0 aliphatic carbocycles. The first-order valence-electron chi connectivity index (χ1n) is 7.49. The highest BCUT2D eigenvalue weighted by Crippen LogP contribution is 2.20. The molecule has 1 atom stereocenters. The Kier molecular flexibility index (Phi) is 5.56. The molecule has 2 aromatic rings. The van der Waals surface area contributed by atoms with Crippen molar-refractivity contribution >= 4 is 10.9 Å². The molecule has 0 saturated heterocycles. The van der Waals surface area contributed by atoms with E-state index in [0.29, 0.717) is 6.04 Å².